The summed E-state index contributed by atoms with van der Waals surface area (Å²) in [5.41, 5.74) is 2.58. The Hall–Kier alpha value is -3.48. The Balaban J connectivity index is 1.62. The summed E-state index contributed by atoms with van der Waals surface area (Å²) in [7, 11) is 0. The topological polar surface area (TPSA) is 88.9 Å². The smallest absolute Gasteiger partial charge is 0.247 e. The standard InChI is InChI=1S/C22H25N5O2/c1-16(2)21(26-20(28)12-17-7-4-3-5-8-17)22(29)25-19-10-6-9-18(11-19)13-27-15-23-14-24-27/h3-11,14-16,21H,12-13H2,1-2H3,(H,25,29)(H,26,28). The normalized spacial score (nSPS) is 11.8. The molecule has 1 heterocycles. The maximum atomic E-state index is 12.8. The first-order valence-electron chi connectivity index (χ1n) is 9.57. The molecule has 0 aliphatic rings. The van der Waals surface area contributed by atoms with Gasteiger partial charge in [-0.25, -0.2) is 9.67 Å². The first-order valence-corrected chi connectivity index (χ1v) is 9.57. The van der Waals surface area contributed by atoms with Crippen molar-refractivity contribution < 1.29 is 9.59 Å². The molecule has 0 spiro atoms. The van der Waals surface area contributed by atoms with Crippen LogP contribution in [-0.2, 0) is 22.6 Å². The highest BCUT2D eigenvalue weighted by Gasteiger charge is 2.24. The number of carbonyl (C=O) groups is 2. The molecule has 2 aromatic carbocycles. The lowest BCUT2D eigenvalue weighted by Crippen LogP contribution is -2.47. The molecule has 3 aromatic rings. The molecule has 7 nitrogen and oxygen atoms in total. The zero-order valence-electron chi connectivity index (χ0n) is 16.6. The zero-order chi connectivity index (χ0) is 20.6. The van der Waals surface area contributed by atoms with E-state index >= 15 is 0 Å². The number of hydrogen-bond acceptors (Lipinski definition) is 4. The van der Waals surface area contributed by atoms with Crippen LogP contribution in [0.4, 0.5) is 5.69 Å². The van der Waals surface area contributed by atoms with Crippen LogP contribution >= 0.6 is 0 Å². The molecule has 0 bridgehead atoms. The van der Waals surface area contributed by atoms with Gasteiger partial charge < -0.3 is 10.6 Å². The number of nitrogens with one attached hydrogen (secondary N) is 2. The number of hydrogen-bond donors (Lipinski definition) is 2. The van der Waals surface area contributed by atoms with Gasteiger partial charge in [-0.1, -0.05) is 56.3 Å². The molecule has 0 aliphatic heterocycles. The van der Waals surface area contributed by atoms with Crippen LogP contribution in [0, 0.1) is 5.92 Å². The Morgan fingerprint density at radius 3 is 2.48 bits per heavy atom. The molecule has 1 atom stereocenters. The van der Waals surface area contributed by atoms with Crippen LogP contribution in [0.3, 0.4) is 0 Å². The Bertz CT molecular complexity index is 939. The highest BCUT2D eigenvalue weighted by molar-refractivity contribution is 5.97. The largest absolute Gasteiger partial charge is 0.344 e. The summed E-state index contributed by atoms with van der Waals surface area (Å²) in [6.07, 6.45) is 3.37. The Labute approximate surface area is 170 Å². The lowest BCUT2D eigenvalue weighted by atomic mass is 10.0. The summed E-state index contributed by atoms with van der Waals surface area (Å²) in [5, 5.41) is 9.87. The van der Waals surface area contributed by atoms with Crippen molar-refractivity contribution in [2.24, 2.45) is 5.92 Å². The van der Waals surface area contributed by atoms with E-state index < -0.39 is 6.04 Å². The first kappa shape index (κ1) is 20.3. The van der Waals surface area contributed by atoms with Crippen molar-refractivity contribution in [3.8, 4) is 0 Å². The lowest BCUT2D eigenvalue weighted by molar-refractivity contribution is -0.127. The highest BCUT2D eigenvalue weighted by atomic mass is 16.2. The van der Waals surface area contributed by atoms with Crippen LogP contribution in [0.5, 0.6) is 0 Å². The molecule has 29 heavy (non-hydrogen) atoms. The maximum Gasteiger partial charge on any atom is 0.247 e. The van der Waals surface area contributed by atoms with Crippen molar-refractivity contribution in [1.82, 2.24) is 20.1 Å². The summed E-state index contributed by atoms with van der Waals surface area (Å²) in [6.45, 7) is 4.38. The second-order valence-corrected chi connectivity index (χ2v) is 7.23. The van der Waals surface area contributed by atoms with Crippen LogP contribution in [0.2, 0.25) is 0 Å². The van der Waals surface area contributed by atoms with Gasteiger partial charge in [0.1, 0.15) is 18.7 Å². The van der Waals surface area contributed by atoms with Crippen molar-refractivity contribution in [2.75, 3.05) is 5.32 Å². The number of aromatic nitrogens is 3. The van der Waals surface area contributed by atoms with E-state index in [-0.39, 0.29) is 24.2 Å². The Kier molecular flexibility index (Phi) is 6.73. The SMILES string of the molecule is CC(C)C(NC(=O)Cc1ccccc1)C(=O)Nc1cccc(Cn2cncn2)c1. The van der Waals surface area contributed by atoms with E-state index in [4.69, 9.17) is 0 Å². The molecule has 7 heteroatoms. The van der Waals surface area contributed by atoms with Gasteiger partial charge in [-0.2, -0.15) is 5.10 Å². The van der Waals surface area contributed by atoms with Crippen molar-refractivity contribution in [3.63, 3.8) is 0 Å². The molecule has 1 aromatic heterocycles. The molecule has 0 radical (unpaired) electrons. The lowest BCUT2D eigenvalue weighted by Gasteiger charge is -2.22. The van der Waals surface area contributed by atoms with Gasteiger partial charge in [-0.3, -0.25) is 9.59 Å². The third-order valence-corrected chi connectivity index (χ3v) is 4.48. The van der Waals surface area contributed by atoms with Crippen molar-refractivity contribution >= 4 is 17.5 Å². The van der Waals surface area contributed by atoms with E-state index in [1.54, 1.807) is 11.0 Å². The minimum atomic E-state index is -0.620. The van der Waals surface area contributed by atoms with Crippen LogP contribution in [0.15, 0.2) is 67.3 Å². The minimum Gasteiger partial charge on any atom is -0.344 e. The second-order valence-electron chi connectivity index (χ2n) is 7.23. The highest BCUT2D eigenvalue weighted by Crippen LogP contribution is 2.14. The summed E-state index contributed by atoms with van der Waals surface area (Å²) >= 11 is 0. The van der Waals surface area contributed by atoms with Crippen LogP contribution in [-0.4, -0.2) is 32.6 Å². The fraction of sp³-hybridized carbons (Fsp3) is 0.273. The number of benzene rings is 2. The van der Waals surface area contributed by atoms with Crippen molar-refractivity contribution in [2.45, 2.75) is 32.9 Å². The van der Waals surface area contributed by atoms with Gasteiger partial charge in [0, 0.05) is 5.69 Å². The zero-order valence-corrected chi connectivity index (χ0v) is 16.6. The van der Waals surface area contributed by atoms with E-state index in [1.807, 2.05) is 68.4 Å². The third-order valence-electron chi connectivity index (χ3n) is 4.48. The number of anilines is 1. The van der Waals surface area contributed by atoms with Gasteiger partial charge in [-0.15, -0.1) is 0 Å². The molecule has 1 unspecified atom stereocenters. The quantitative estimate of drug-likeness (QED) is 0.618. The molecule has 3 rings (SSSR count). The summed E-state index contributed by atoms with van der Waals surface area (Å²) in [4.78, 5) is 29.2. The van der Waals surface area contributed by atoms with Gasteiger partial charge in [-0.05, 0) is 29.2 Å². The molecule has 2 amide bonds. The number of amides is 2. The fourth-order valence-electron chi connectivity index (χ4n) is 3.01. The molecular formula is C22H25N5O2. The Morgan fingerprint density at radius 2 is 1.79 bits per heavy atom. The summed E-state index contributed by atoms with van der Waals surface area (Å²) in [5.74, 6) is -0.461. The fourth-order valence-corrected chi connectivity index (χ4v) is 3.01. The monoisotopic (exact) mass is 391 g/mol. The maximum absolute atomic E-state index is 12.8. The number of rotatable bonds is 8. The van der Waals surface area contributed by atoms with Gasteiger partial charge in [0.15, 0.2) is 0 Å². The number of nitrogens with zero attached hydrogens (tertiary/aromatic N) is 3. The second kappa shape index (κ2) is 9.64. The van der Waals surface area contributed by atoms with Crippen LogP contribution in [0.1, 0.15) is 25.0 Å². The van der Waals surface area contributed by atoms with Gasteiger partial charge in [0.25, 0.3) is 0 Å². The predicted octanol–water partition coefficient (Wildman–Crippen LogP) is 2.65. The van der Waals surface area contributed by atoms with E-state index in [0.29, 0.717) is 12.2 Å². The van der Waals surface area contributed by atoms with Gasteiger partial charge in [0.2, 0.25) is 11.8 Å². The van der Waals surface area contributed by atoms with Gasteiger partial charge >= 0.3 is 0 Å². The molecule has 0 saturated heterocycles. The molecule has 0 fully saturated rings. The average molecular weight is 391 g/mol. The molecule has 150 valence electrons. The van der Waals surface area contributed by atoms with E-state index in [2.05, 4.69) is 20.7 Å². The van der Waals surface area contributed by atoms with E-state index in [1.165, 1.54) is 6.33 Å². The molecule has 0 saturated carbocycles. The first-order chi connectivity index (χ1) is 14.0. The number of carbonyl (C=O) groups excluding carboxylic acids is 2. The van der Waals surface area contributed by atoms with Crippen LogP contribution in [0.25, 0.3) is 0 Å². The molecular weight excluding hydrogens is 366 g/mol. The van der Waals surface area contributed by atoms with Crippen molar-refractivity contribution in [3.05, 3.63) is 78.4 Å². The van der Waals surface area contributed by atoms with Gasteiger partial charge in [0.05, 0.1) is 13.0 Å². The minimum absolute atomic E-state index is 0.0481. The molecule has 2 N–H and O–H groups in total. The van der Waals surface area contributed by atoms with Crippen LogP contribution < -0.4 is 10.6 Å². The summed E-state index contributed by atoms with van der Waals surface area (Å²) < 4.78 is 1.71. The average Bonchev–Trinajstić information content (AvgIpc) is 3.20. The third kappa shape index (κ3) is 6.00. The molecule has 0 aliphatic carbocycles. The predicted molar refractivity (Wildman–Crippen MR) is 111 cm³/mol. The van der Waals surface area contributed by atoms with E-state index in [9.17, 15) is 9.59 Å². The Morgan fingerprint density at radius 1 is 1.03 bits per heavy atom. The summed E-state index contributed by atoms with van der Waals surface area (Å²) in [6, 6.07) is 16.4. The van der Waals surface area contributed by atoms with Crippen molar-refractivity contribution in [1.29, 1.82) is 0 Å². The van der Waals surface area contributed by atoms with E-state index in [0.717, 1.165) is 11.1 Å².